The average Bonchev–Trinajstić information content (AvgIpc) is 2.66. The van der Waals surface area contributed by atoms with Crippen molar-refractivity contribution in [2.24, 2.45) is 4.99 Å². The Kier molecular flexibility index (Phi) is 16.5. The Morgan fingerprint density at radius 1 is 1.14 bits per heavy atom. The van der Waals surface area contributed by atoms with E-state index in [9.17, 15) is 4.79 Å². The van der Waals surface area contributed by atoms with Gasteiger partial charge in [0, 0.05) is 50.4 Å². The van der Waals surface area contributed by atoms with Crippen LogP contribution < -0.4 is 10.6 Å². The number of nitrogens with zero attached hydrogens (tertiary/aromatic N) is 2. The van der Waals surface area contributed by atoms with Crippen LogP contribution in [0.25, 0.3) is 0 Å². The fourth-order valence-corrected chi connectivity index (χ4v) is 2.51. The highest BCUT2D eigenvalue weighted by Crippen LogP contribution is 2.21. The zero-order chi connectivity index (χ0) is 20.8. The van der Waals surface area contributed by atoms with Gasteiger partial charge in [0.25, 0.3) is 0 Å². The van der Waals surface area contributed by atoms with E-state index in [-0.39, 0.29) is 36.4 Å². The minimum absolute atomic E-state index is 0. The van der Waals surface area contributed by atoms with Gasteiger partial charge in [-0.3, -0.25) is 4.79 Å². The summed E-state index contributed by atoms with van der Waals surface area (Å²) in [6.07, 6.45) is 0.849. The van der Waals surface area contributed by atoms with Crippen LogP contribution in [0.2, 0.25) is 10.0 Å². The first-order chi connectivity index (χ1) is 13.4. The summed E-state index contributed by atoms with van der Waals surface area (Å²) in [5, 5.41) is 7.54. The number of carbonyl (C=O) groups excluding carboxylic acids is 1. The van der Waals surface area contributed by atoms with Gasteiger partial charge >= 0.3 is 0 Å². The molecule has 1 aromatic carbocycles. The van der Waals surface area contributed by atoms with Crippen molar-refractivity contribution in [1.82, 2.24) is 15.5 Å². The van der Waals surface area contributed by atoms with Crippen LogP contribution in [0.15, 0.2) is 23.2 Å². The van der Waals surface area contributed by atoms with E-state index < -0.39 is 0 Å². The maximum absolute atomic E-state index is 11.7. The van der Waals surface area contributed by atoms with Gasteiger partial charge in [0.2, 0.25) is 5.91 Å². The van der Waals surface area contributed by atoms with E-state index in [0.29, 0.717) is 55.5 Å². The van der Waals surface area contributed by atoms with Gasteiger partial charge in [-0.2, -0.15) is 0 Å². The van der Waals surface area contributed by atoms with Crippen LogP contribution in [0.3, 0.4) is 0 Å². The molecular weight excluding hydrogens is 530 g/mol. The standard InChI is InChI=1S/C19H30Cl2N4O3.HI/c1-4-27-10-5-8-22-19(24-13-18(26)25(2)3)23-9-11-28-14-15-6-7-16(20)12-17(15)21;/h6-7,12H,4-5,8-11,13-14H2,1-3H3,(H2,22,23,24);1H. The third-order valence-corrected chi connectivity index (χ3v) is 4.23. The summed E-state index contributed by atoms with van der Waals surface area (Å²) in [6.45, 7) is 5.51. The van der Waals surface area contributed by atoms with Crippen LogP contribution in [0.1, 0.15) is 18.9 Å². The van der Waals surface area contributed by atoms with E-state index in [4.69, 9.17) is 32.7 Å². The molecule has 0 unspecified atom stereocenters. The van der Waals surface area contributed by atoms with Crippen LogP contribution in [0, 0.1) is 0 Å². The summed E-state index contributed by atoms with van der Waals surface area (Å²) in [7, 11) is 3.41. The third-order valence-electron chi connectivity index (χ3n) is 3.64. The number of carbonyl (C=O) groups is 1. The van der Waals surface area contributed by atoms with Crippen molar-refractivity contribution in [3.8, 4) is 0 Å². The van der Waals surface area contributed by atoms with Gasteiger partial charge in [0.15, 0.2) is 5.96 Å². The zero-order valence-corrected chi connectivity index (χ0v) is 21.0. The lowest BCUT2D eigenvalue weighted by molar-refractivity contribution is -0.127. The maximum atomic E-state index is 11.7. The lowest BCUT2D eigenvalue weighted by atomic mass is 10.2. The Balaban J connectivity index is 0.00000784. The van der Waals surface area contributed by atoms with E-state index in [0.717, 1.165) is 12.0 Å². The molecular formula is C19H31Cl2IN4O3. The van der Waals surface area contributed by atoms with Crippen LogP contribution in [0.5, 0.6) is 0 Å². The summed E-state index contributed by atoms with van der Waals surface area (Å²) < 4.78 is 11.0. The highest BCUT2D eigenvalue weighted by molar-refractivity contribution is 14.0. The second-order valence-corrected chi connectivity index (χ2v) is 6.99. The molecule has 0 aromatic heterocycles. The highest BCUT2D eigenvalue weighted by Gasteiger charge is 2.05. The van der Waals surface area contributed by atoms with Crippen LogP contribution in [-0.2, 0) is 20.9 Å². The average molecular weight is 561 g/mol. The molecule has 0 heterocycles. The first-order valence-electron chi connectivity index (χ1n) is 9.25. The minimum Gasteiger partial charge on any atom is -0.382 e. The highest BCUT2D eigenvalue weighted by atomic mass is 127. The number of guanidine groups is 1. The molecule has 0 saturated heterocycles. The summed E-state index contributed by atoms with van der Waals surface area (Å²) in [5.41, 5.74) is 0.880. The molecule has 7 nitrogen and oxygen atoms in total. The summed E-state index contributed by atoms with van der Waals surface area (Å²) in [4.78, 5) is 17.6. The van der Waals surface area contributed by atoms with Gasteiger partial charge in [-0.1, -0.05) is 29.3 Å². The predicted molar refractivity (Wildman–Crippen MR) is 130 cm³/mol. The molecule has 0 fully saturated rings. The molecule has 1 rings (SSSR count). The summed E-state index contributed by atoms with van der Waals surface area (Å²) in [6, 6.07) is 5.32. The smallest absolute Gasteiger partial charge is 0.243 e. The van der Waals surface area contributed by atoms with E-state index >= 15 is 0 Å². The van der Waals surface area contributed by atoms with E-state index in [1.54, 1.807) is 26.2 Å². The van der Waals surface area contributed by atoms with Crippen molar-refractivity contribution < 1.29 is 14.3 Å². The molecule has 0 spiro atoms. The normalized spacial score (nSPS) is 11.0. The van der Waals surface area contributed by atoms with Crippen molar-refractivity contribution in [1.29, 1.82) is 0 Å². The van der Waals surface area contributed by atoms with Gasteiger partial charge in [-0.05, 0) is 31.0 Å². The molecule has 0 radical (unpaired) electrons. The molecule has 0 aliphatic rings. The topological polar surface area (TPSA) is 75.2 Å². The molecule has 29 heavy (non-hydrogen) atoms. The largest absolute Gasteiger partial charge is 0.382 e. The maximum Gasteiger partial charge on any atom is 0.243 e. The molecule has 10 heteroatoms. The Bertz CT molecular complexity index is 633. The number of hydrogen-bond donors (Lipinski definition) is 2. The molecule has 0 saturated carbocycles. The molecule has 1 amide bonds. The Morgan fingerprint density at radius 2 is 1.86 bits per heavy atom. The fourth-order valence-electron chi connectivity index (χ4n) is 2.05. The number of likely N-dealkylation sites (N-methyl/N-ethyl adjacent to an activating group) is 1. The summed E-state index contributed by atoms with van der Waals surface area (Å²) in [5.74, 6) is 0.504. The first-order valence-corrected chi connectivity index (χ1v) is 10.0. The van der Waals surface area contributed by atoms with E-state index in [1.807, 2.05) is 13.0 Å². The molecule has 0 atom stereocenters. The second kappa shape index (κ2) is 16.9. The van der Waals surface area contributed by atoms with Crippen molar-refractivity contribution in [3.05, 3.63) is 33.8 Å². The Morgan fingerprint density at radius 3 is 2.52 bits per heavy atom. The number of benzene rings is 1. The third kappa shape index (κ3) is 13.2. The predicted octanol–water partition coefficient (Wildman–Crippen LogP) is 3.18. The monoisotopic (exact) mass is 560 g/mol. The molecule has 0 aliphatic heterocycles. The quantitative estimate of drug-likeness (QED) is 0.178. The number of amides is 1. The molecule has 1 aromatic rings. The van der Waals surface area contributed by atoms with Crippen LogP contribution in [0.4, 0.5) is 0 Å². The number of aliphatic imine (C=N–C) groups is 1. The van der Waals surface area contributed by atoms with Crippen molar-refractivity contribution in [3.63, 3.8) is 0 Å². The Hall–Kier alpha value is -0.810. The summed E-state index contributed by atoms with van der Waals surface area (Å²) >= 11 is 12.0. The SMILES string of the molecule is CCOCCCNC(=NCC(=O)N(C)C)NCCOCc1ccc(Cl)cc1Cl.I. The molecule has 2 N–H and O–H groups in total. The number of hydrogen-bond acceptors (Lipinski definition) is 4. The van der Waals surface area contributed by atoms with Crippen molar-refractivity contribution in [2.75, 3.05) is 53.6 Å². The van der Waals surface area contributed by atoms with Gasteiger partial charge in [0.1, 0.15) is 6.54 Å². The number of ether oxygens (including phenoxy) is 2. The fraction of sp³-hybridized carbons (Fsp3) is 0.579. The molecule has 0 bridgehead atoms. The van der Waals surface area contributed by atoms with Crippen LogP contribution >= 0.6 is 47.2 Å². The molecule has 166 valence electrons. The van der Waals surface area contributed by atoms with Gasteiger partial charge in [-0.15, -0.1) is 24.0 Å². The Labute approximate surface area is 200 Å². The number of halogens is 3. The number of rotatable bonds is 12. The van der Waals surface area contributed by atoms with Gasteiger partial charge in [0.05, 0.1) is 13.2 Å². The van der Waals surface area contributed by atoms with Crippen molar-refractivity contribution in [2.45, 2.75) is 20.0 Å². The van der Waals surface area contributed by atoms with Gasteiger partial charge < -0.3 is 25.0 Å². The number of nitrogens with one attached hydrogen (secondary N) is 2. The minimum atomic E-state index is -0.0657. The second-order valence-electron chi connectivity index (χ2n) is 6.15. The lowest BCUT2D eigenvalue weighted by Crippen LogP contribution is -2.40. The van der Waals surface area contributed by atoms with Crippen molar-refractivity contribution >= 4 is 59.0 Å². The van der Waals surface area contributed by atoms with Crippen LogP contribution in [-0.4, -0.2) is 70.3 Å². The first kappa shape index (κ1) is 28.2. The zero-order valence-electron chi connectivity index (χ0n) is 17.2. The lowest BCUT2D eigenvalue weighted by Gasteiger charge is -2.14. The van der Waals surface area contributed by atoms with E-state index in [2.05, 4.69) is 15.6 Å². The molecule has 0 aliphatic carbocycles. The van der Waals surface area contributed by atoms with Gasteiger partial charge in [-0.25, -0.2) is 4.99 Å². The van der Waals surface area contributed by atoms with E-state index in [1.165, 1.54) is 4.90 Å².